The average Bonchev–Trinajstić information content (AvgIpc) is 3.28. The Morgan fingerprint density at radius 2 is 1.64 bits per heavy atom. The number of carbonyl (C=O) groups excluding carboxylic acids is 1. The molecule has 1 N–H and O–H groups in total. The fourth-order valence-corrected chi connectivity index (χ4v) is 5.32. The summed E-state index contributed by atoms with van der Waals surface area (Å²) in [5.74, 6) is -0.300. The van der Waals surface area contributed by atoms with Gasteiger partial charge in [-0.2, -0.15) is 0 Å². The van der Waals surface area contributed by atoms with Gasteiger partial charge in [0.25, 0.3) is 15.6 Å². The van der Waals surface area contributed by atoms with E-state index in [4.69, 9.17) is 0 Å². The zero-order chi connectivity index (χ0) is 23.9. The van der Waals surface area contributed by atoms with Crippen LogP contribution in [-0.2, 0) is 28.4 Å². The Morgan fingerprint density at radius 3 is 2.27 bits per heavy atom. The van der Waals surface area contributed by atoms with Gasteiger partial charge in [-0.15, -0.1) is 0 Å². The lowest BCUT2D eigenvalue weighted by Gasteiger charge is -2.17. The molecule has 3 aromatic rings. The maximum Gasteiger partial charge on any atom is 0.331 e. The minimum absolute atomic E-state index is 0.0506. The van der Waals surface area contributed by atoms with Crippen molar-refractivity contribution in [1.29, 1.82) is 0 Å². The second-order valence-corrected chi connectivity index (χ2v) is 10.2. The molecule has 2 aromatic carbocycles. The van der Waals surface area contributed by atoms with Gasteiger partial charge in [-0.1, -0.05) is 6.07 Å². The molecule has 10 heteroatoms. The van der Waals surface area contributed by atoms with Crippen LogP contribution in [0.5, 0.6) is 0 Å². The quantitative estimate of drug-likeness (QED) is 0.611. The Morgan fingerprint density at radius 1 is 1.00 bits per heavy atom. The van der Waals surface area contributed by atoms with Crippen LogP contribution in [-0.4, -0.2) is 41.4 Å². The molecule has 2 heterocycles. The van der Waals surface area contributed by atoms with E-state index in [0.717, 1.165) is 28.5 Å². The first-order chi connectivity index (χ1) is 15.6. The van der Waals surface area contributed by atoms with Crippen molar-refractivity contribution in [2.75, 3.05) is 17.8 Å². The minimum Gasteiger partial charge on any atom is -0.341 e. The van der Waals surface area contributed by atoms with Crippen molar-refractivity contribution in [2.45, 2.75) is 38.1 Å². The van der Waals surface area contributed by atoms with Crippen molar-refractivity contribution in [3.8, 4) is 0 Å². The molecule has 174 valence electrons. The summed E-state index contributed by atoms with van der Waals surface area (Å²) in [7, 11) is -2.50. The number of fused-ring (bicyclic) bond motifs is 1. The number of rotatable bonds is 5. The molecule has 1 saturated heterocycles. The number of amides is 1. The average molecular weight is 471 g/mol. The molecule has 4 rings (SSSR count). The van der Waals surface area contributed by atoms with Gasteiger partial charge in [-0.25, -0.2) is 13.2 Å². The van der Waals surface area contributed by atoms with Crippen molar-refractivity contribution >= 4 is 32.5 Å². The van der Waals surface area contributed by atoms with E-state index >= 15 is 0 Å². The van der Waals surface area contributed by atoms with Crippen molar-refractivity contribution < 1.29 is 13.2 Å². The number of carbonyl (C=O) groups is 1. The van der Waals surface area contributed by atoms with E-state index in [9.17, 15) is 22.8 Å². The van der Waals surface area contributed by atoms with E-state index in [1.807, 2.05) is 19.9 Å². The number of aromatic nitrogens is 2. The number of aryl methyl sites for hydroxylation is 3. The summed E-state index contributed by atoms with van der Waals surface area (Å²) >= 11 is 0. The second-order valence-electron chi connectivity index (χ2n) is 8.48. The third-order valence-electron chi connectivity index (χ3n) is 5.86. The number of hydrogen-bond donors (Lipinski definition) is 1. The molecule has 9 nitrogen and oxygen atoms in total. The van der Waals surface area contributed by atoms with Crippen LogP contribution in [0.25, 0.3) is 10.9 Å². The van der Waals surface area contributed by atoms with Crippen LogP contribution >= 0.6 is 0 Å². The van der Waals surface area contributed by atoms with Crippen LogP contribution < -0.4 is 16.0 Å². The Labute approximate surface area is 191 Å². The monoisotopic (exact) mass is 470 g/mol. The van der Waals surface area contributed by atoms with Crippen LogP contribution in [0, 0.1) is 13.8 Å². The predicted octanol–water partition coefficient (Wildman–Crippen LogP) is 1.74. The van der Waals surface area contributed by atoms with Crippen molar-refractivity contribution in [3.05, 3.63) is 68.4 Å². The first-order valence-corrected chi connectivity index (χ1v) is 12.2. The van der Waals surface area contributed by atoms with Crippen LogP contribution in [0.1, 0.15) is 24.0 Å². The maximum absolute atomic E-state index is 13.1. The highest BCUT2D eigenvalue weighted by molar-refractivity contribution is 7.92. The van der Waals surface area contributed by atoms with Crippen LogP contribution in [0.2, 0.25) is 0 Å². The molecule has 0 spiro atoms. The van der Waals surface area contributed by atoms with Gasteiger partial charge < -0.3 is 4.90 Å². The summed E-state index contributed by atoms with van der Waals surface area (Å²) in [6.45, 7) is 4.57. The third-order valence-corrected chi connectivity index (χ3v) is 7.24. The van der Waals surface area contributed by atoms with Crippen molar-refractivity contribution in [3.63, 3.8) is 0 Å². The molecular formula is C23H26N4O5S. The van der Waals surface area contributed by atoms with Gasteiger partial charge in [0.1, 0.15) is 6.54 Å². The molecule has 1 aliphatic rings. The molecule has 1 amide bonds. The maximum atomic E-state index is 13.1. The summed E-state index contributed by atoms with van der Waals surface area (Å²) < 4.78 is 30.7. The fraction of sp³-hybridized carbons (Fsp3) is 0.348. The summed E-state index contributed by atoms with van der Waals surface area (Å²) in [6.07, 6.45) is 1.79. The number of anilines is 1. The Kier molecular flexibility index (Phi) is 5.87. The molecule has 0 radical (unpaired) electrons. The van der Waals surface area contributed by atoms with Crippen LogP contribution in [0.3, 0.4) is 0 Å². The van der Waals surface area contributed by atoms with Gasteiger partial charge in [0.2, 0.25) is 5.91 Å². The molecular weight excluding hydrogens is 444 g/mol. The molecule has 0 bridgehead atoms. The summed E-state index contributed by atoms with van der Waals surface area (Å²) in [4.78, 5) is 40.0. The highest BCUT2D eigenvalue weighted by Gasteiger charge is 2.22. The second kappa shape index (κ2) is 8.51. The SMILES string of the molecule is Cc1cc(C)cc(NS(=O)(=O)c2ccc3c(c2)c(=O)n(CC(=O)N2CCCC2)c(=O)n3C)c1. The minimum atomic E-state index is -3.99. The number of nitrogens with one attached hydrogen (secondary N) is 1. The molecule has 0 atom stereocenters. The first kappa shape index (κ1) is 22.8. The van der Waals surface area contributed by atoms with Gasteiger partial charge in [0.15, 0.2) is 0 Å². The lowest BCUT2D eigenvalue weighted by molar-refractivity contribution is -0.130. The van der Waals surface area contributed by atoms with Gasteiger partial charge in [-0.3, -0.25) is 23.4 Å². The molecule has 1 fully saturated rings. The Hall–Kier alpha value is -3.40. The van der Waals surface area contributed by atoms with E-state index in [1.165, 1.54) is 29.8 Å². The topological polar surface area (TPSA) is 110 Å². The number of likely N-dealkylation sites (tertiary alicyclic amines) is 1. The molecule has 0 aliphatic carbocycles. The number of sulfonamides is 1. The smallest absolute Gasteiger partial charge is 0.331 e. The van der Waals surface area contributed by atoms with Crippen LogP contribution in [0.15, 0.2) is 50.9 Å². The zero-order valence-electron chi connectivity index (χ0n) is 18.8. The molecule has 0 saturated carbocycles. The summed E-state index contributed by atoms with van der Waals surface area (Å²) in [5, 5.41) is 0.0506. The van der Waals surface area contributed by atoms with Gasteiger partial charge in [0, 0.05) is 25.8 Å². The van der Waals surface area contributed by atoms with E-state index in [1.54, 1.807) is 17.0 Å². The Balaban J connectivity index is 1.76. The standard InChI is InChI=1S/C23H26N4O5S/c1-15-10-16(2)12-17(11-15)24-33(31,32)18-6-7-20-19(13-18)22(29)27(23(30)25(20)3)14-21(28)26-8-4-5-9-26/h6-7,10-13,24H,4-5,8-9,14H2,1-3H3. The molecule has 33 heavy (non-hydrogen) atoms. The van der Waals surface area contributed by atoms with E-state index in [2.05, 4.69) is 4.72 Å². The van der Waals surface area contributed by atoms with E-state index in [-0.39, 0.29) is 22.7 Å². The fourth-order valence-electron chi connectivity index (χ4n) is 4.25. The van der Waals surface area contributed by atoms with Gasteiger partial charge in [0.05, 0.1) is 15.8 Å². The lowest BCUT2D eigenvalue weighted by atomic mass is 10.1. The summed E-state index contributed by atoms with van der Waals surface area (Å²) in [5.41, 5.74) is 1.22. The van der Waals surface area contributed by atoms with Crippen molar-refractivity contribution in [1.82, 2.24) is 14.0 Å². The van der Waals surface area contributed by atoms with Crippen molar-refractivity contribution in [2.24, 2.45) is 7.05 Å². The molecule has 0 unspecified atom stereocenters. The van der Waals surface area contributed by atoms with Gasteiger partial charge in [-0.05, 0) is 68.1 Å². The van der Waals surface area contributed by atoms with Crippen LogP contribution in [0.4, 0.5) is 5.69 Å². The predicted molar refractivity (Wildman–Crippen MR) is 126 cm³/mol. The number of benzene rings is 2. The van der Waals surface area contributed by atoms with E-state index in [0.29, 0.717) is 24.3 Å². The highest BCUT2D eigenvalue weighted by Crippen LogP contribution is 2.21. The molecule has 1 aromatic heterocycles. The third kappa shape index (κ3) is 4.43. The zero-order valence-corrected chi connectivity index (χ0v) is 19.6. The lowest BCUT2D eigenvalue weighted by Crippen LogP contribution is -2.43. The Bertz CT molecular complexity index is 1460. The van der Waals surface area contributed by atoms with Gasteiger partial charge >= 0.3 is 5.69 Å². The highest BCUT2D eigenvalue weighted by atomic mass is 32.2. The normalized spacial score (nSPS) is 14.1. The largest absolute Gasteiger partial charge is 0.341 e. The van der Waals surface area contributed by atoms with E-state index < -0.39 is 21.3 Å². The number of nitrogens with zero attached hydrogens (tertiary/aromatic N) is 3. The molecule has 1 aliphatic heterocycles. The first-order valence-electron chi connectivity index (χ1n) is 10.7. The number of hydrogen-bond acceptors (Lipinski definition) is 5. The summed E-state index contributed by atoms with van der Waals surface area (Å²) in [6, 6.07) is 9.39.